The summed E-state index contributed by atoms with van der Waals surface area (Å²) in [6, 6.07) is 0.569. The molecule has 2 heterocycles. The molecular formula is C14H23N3O2S. The summed E-state index contributed by atoms with van der Waals surface area (Å²) < 4.78 is 0. The summed E-state index contributed by atoms with van der Waals surface area (Å²) in [5.41, 5.74) is -0.295. The van der Waals surface area contributed by atoms with E-state index in [1.54, 1.807) is 13.8 Å². The first-order chi connectivity index (χ1) is 9.32. The van der Waals surface area contributed by atoms with Gasteiger partial charge < -0.3 is 14.9 Å². The SMILES string of the molecule is CN(CC1CCCN1C)c1nc(C(C)(C)C(=O)O)cs1. The van der Waals surface area contributed by atoms with E-state index in [2.05, 4.69) is 21.8 Å². The van der Waals surface area contributed by atoms with Crippen LogP contribution in [-0.2, 0) is 10.2 Å². The number of carboxylic acid groups (broad SMARTS) is 1. The van der Waals surface area contributed by atoms with E-state index in [9.17, 15) is 9.90 Å². The van der Waals surface area contributed by atoms with Gasteiger partial charge in [0, 0.05) is 25.0 Å². The van der Waals surface area contributed by atoms with E-state index < -0.39 is 11.4 Å². The van der Waals surface area contributed by atoms with Crippen molar-refractivity contribution in [1.82, 2.24) is 9.88 Å². The third-order valence-corrected chi connectivity index (χ3v) is 5.10. The van der Waals surface area contributed by atoms with Gasteiger partial charge in [-0.1, -0.05) is 0 Å². The molecule has 2 rings (SSSR count). The minimum Gasteiger partial charge on any atom is -0.481 e. The molecule has 0 spiro atoms. The van der Waals surface area contributed by atoms with Gasteiger partial charge in [-0.05, 0) is 40.3 Å². The van der Waals surface area contributed by atoms with E-state index in [0.29, 0.717) is 11.7 Å². The first-order valence-corrected chi connectivity index (χ1v) is 7.81. The van der Waals surface area contributed by atoms with Crippen molar-refractivity contribution in [3.8, 4) is 0 Å². The molecule has 6 heteroatoms. The fourth-order valence-corrected chi connectivity index (χ4v) is 3.41. The average Bonchev–Trinajstić information content (AvgIpc) is 2.99. The lowest BCUT2D eigenvalue weighted by atomic mass is 9.90. The van der Waals surface area contributed by atoms with Crippen molar-refractivity contribution >= 4 is 22.4 Å². The average molecular weight is 297 g/mol. The summed E-state index contributed by atoms with van der Waals surface area (Å²) in [6.07, 6.45) is 2.48. The zero-order valence-electron chi connectivity index (χ0n) is 12.6. The zero-order chi connectivity index (χ0) is 14.9. The molecule has 20 heavy (non-hydrogen) atoms. The van der Waals surface area contributed by atoms with Gasteiger partial charge in [-0.2, -0.15) is 0 Å². The molecule has 5 nitrogen and oxygen atoms in total. The summed E-state index contributed by atoms with van der Waals surface area (Å²) in [5, 5.41) is 12.0. The van der Waals surface area contributed by atoms with E-state index in [1.807, 2.05) is 12.4 Å². The van der Waals surface area contributed by atoms with Crippen molar-refractivity contribution in [2.45, 2.75) is 38.1 Å². The van der Waals surface area contributed by atoms with Crippen LogP contribution in [0.1, 0.15) is 32.4 Å². The predicted molar refractivity (Wildman–Crippen MR) is 81.7 cm³/mol. The highest BCUT2D eigenvalue weighted by Gasteiger charge is 2.32. The fourth-order valence-electron chi connectivity index (χ4n) is 2.44. The topological polar surface area (TPSA) is 56.7 Å². The van der Waals surface area contributed by atoms with Gasteiger partial charge in [0.05, 0.1) is 5.69 Å². The normalized spacial score (nSPS) is 20.3. The van der Waals surface area contributed by atoms with Crippen LogP contribution in [0.15, 0.2) is 5.38 Å². The van der Waals surface area contributed by atoms with Gasteiger partial charge in [-0.25, -0.2) is 4.98 Å². The lowest BCUT2D eigenvalue weighted by molar-refractivity contribution is -0.142. The lowest BCUT2D eigenvalue weighted by Crippen LogP contribution is -2.36. The standard InChI is InChI=1S/C14H23N3O2S/c1-14(2,12(18)19)11-9-20-13(15-11)17(4)8-10-6-5-7-16(10)3/h9-10H,5-8H2,1-4H3,(H,18,19). The second-order valence-corrected chi connectivity index (χ2v) is 6.94. The molecule has 1 atom stereocenters. The van der Waals surface area contributed by atoms with Crippen molar-refractivity contribution in [2.24, 2.45) is 0 Å². The number of carbonyl (C=O) groups is 1. The first-order valence-electron chi connectivity index (χ1n) is 6.93. The Morgan fingerprint density at radius 2 is 2.35 bits per heavy atom. The number of aromatic nitrogens is 1. The van der Waals surface area contributed by atoms with E-state index in [1.165, 1.54) is 24.2 Å². The van der Waals surface area contributed by atoms with Crippen molar-refractivity contribution in [3.63, 3.8) is 0 Å². The molecule has 1 fully saturated rings. The number of likely N-dealkylation sites (N-methyl/N-ethyl adjacent to an activating group) is 2. The van der Waals surface area contributed by atoms with E-state index in [4.69, 9.17) is 0 Å². The maximum Gasteiger partial charge on any atom is 0.315 e. The van der Waals surface area contributed by atoms with E-state index >= 15 is 0 Å². The molecule has 1 aromatic heterocycles. The summed E-state index contributed by atoms with van der Waals surface area (Å²) in [6.45, 7) is 5.49. The number of anilines is 1. The minimum atomic E-state index is -0.931. The monoisotopic (exact) mass is 297 g/mol. The number of nitrogens with zero attached hydrogens (tertiary/aromatic N) is 3. The maximum absolute atomic E-state index is 11.3. The van der Waals surface area contributed by atoms with Crippen LogP contribution in [0, 0.1) is 0 Å². The van der Waals surface area contributed by atoms with Gasteiger partial charge >= 0.3 is 5.97 Å². The first kappa shape index (κ1) is 15.3. The van der Waals surface area contributed by atoms with Crippen LogP contribution < -0.4 is 4.90 Å². The Morgan fingerprint density at radius 1 is 1.65 bits per heavy atom. The fraction of sp³-hybridized carbons (Fsp3) is 0.714. The molecule has 1 aromatic rings. The summed E-state index contributed by atoms with van der Waals surface area (Å²) in [4.78, 5) is 20.3. The molecular weight excluding hydrogens is 274 g/mol. The Bertz CT molecular complexity index is 487. The summed E-state index contributed by atoms with van der Waals surface area (Å²) in [7, 11) is 4.19. The molecule has 112 valence electrons. The molecule has 1 aliphatic rings. The van der Waals surface area contributed by atoms with Gasteiger partial charge in [-0.15, -0.1) is 11.3 Å². The zero-order valence-corrected chi connectivity index (χ0v) is 13.4. The van der Waals surface area contributed by atoms with Crippen LogP contribution >= 0.6 is 11.3 Å². The molecule has 0 amide bonds. The van der Waals surface area contributed by atoms with Crippen molar-refractivity contribution in [3.05, 3.63) is 11.1 Å². The van der Waals surface area contributed by atoms with Crippen molar-refractivity contribution in [1.29, 1.82) is 0 Å². The third kappa shape index (κ3) is 2.96. The van der Waals surface area contributed by atoms with Gasteiger partial charge in [0.25, 0.3) is 0 Å². The number of hydrogen-bond donors (Lipinski definition) is 1. The second kappa shape index (κ2) is 5.69. The van der Waals surface area contributed by atoms with Crippen LogP contribution in [0.3, 0.4) is 0 Å². The van der Waals surface area contributed by atoms with E-state index in [-0.39, 0.29) is 0 Å². The molecule has 0 aliphatic carbocycles. The van der Waals surface area contributed by atoms with Gasteiger partial charge in [0.1, 0.15) is 5.41 Å². The van der Waals surface area contributed by atoms with Gasteiger partial charge in [-0.3, -0.25) is 4.79 Å². The summed E-state index contributed by atoms with van der Waals surface area (Å²) in [5.74, 6) is -0.840. The highest BCUT2D eigenvalue weighted by atomic mass is 32.1. The number of thiazole rings is 1. The Balaban J connectivity index is 2.06. The highest BCUT2D eigenvalue weighted by molar-refractivity contribution is 7.13. The minimum absolute atomic E-state index is 0.569. The largest absolute Gasteiger partial charge is 0.481 e. The maximum atomic E-state index is 11.3. The third-order valence-electron chi connectivity index (χ3n) is 4.15. The molecule has 1 unspecified atom stereocenters. The number of aliphatic carboxylic acids is 1. The van der Waals surface area contributed by atoms with Crippen LogP contribution in [0.25, 0.3) is 0 Å². The Morgan fingerprint density at radius 3 is 2.90 bits per heavy atom. The Hall–Kier alpha value is -1.14. The number of rotatable bonds is 5. The van der Waals surface area contributed by atoms with Gasteiger partial charge in [0.15, 0.2) is 5.13 Å². The molecule has 0 aromatic carbocycles. The number of hydrogen-bond acceptors (Lipinski definition) is 5. The van der Waals surface area contributed by atoms with Crippen molar-refractivity contribution < 1.29 is 9.90 Å². The smallest absolute Gasteiger partial charge is 0.315 e. The van der Waals surface area contributed by atoms with Crippen LogP contribution in [0.5, 0.6) is 0 Å². The molecule has 0 saturated carbocycles. The Labute approximate surface area is 124 Å². The highest BCUT2D eigenvalue weighted by Crippen LogP contribution is 2.29. The van der Waals surface area contributed by atoms with Crippen molar-refractivity contribution in [2.75, 3.05) is 32.1 Å². The lowest BCUT2D eigenvalue weighted by Gasteiger charge is -2.25. The quantitative estimate of drug-likeness (QED) is 0.901. The number of likely N-dealkylation sites (tertiary alicyclic amines) is 1. The molecule has 0 bridgehead atoms. The molecule has 1 N–H and O–H groups in total. The van der Waals surface area contributed by atoms with Crippen LogP contribution in [0.2, 0.25) is 0 Å². The summed E-state index contributed by atoms with van der Waals surface area (Å²) >= 11 is 1.52. The Kier molecular flexibility index (Phi) is 4.34. The number of carboxylic acids is 1. The molecule has 1 saturated heterocycles. The van der Waals surface area contributed by atoms with Crippen LogP contribution in [-0.4, -0.2) is 54.2 Å². The van der Waals surface area contributed by atoms with Gasteiger partial charge in [0.2, 0.25) is 0 Å². The molecule has 1 aliphatic heterocycles. The van der Waals surface area contributed by atoms with E-state index in [0.717, 1.165) is 18.2 Å². The van der Waals surface area contributed by atoms with Crippen LogP contribution in [0.4, 0.5) is 5.13 Å². The second-order valence-electron chi connectivity index (χ2n) is 6.10. The molecule has 0 radical (unpaired) electrons. The predicted octanol–water partition coefficient (Wildman–Crippen LogP) is 2.04.